The molecule has 0 radical (unpaired) electrons. The van der Waals surface area contributed by atoms with Gasteiger partial charge in [0.25, 0.3) is 5.56 Å². The number of ether oxygens (including phenoxy) is 2. The number of nitrogens with zero attached hydrogens (tertiary/aromatic N) is 3. The van der Waals surface area contributed by atoms with Gasteiger partial charge in [-0.25, -0.2) is 4.52 Å². The molecule has 0 aliphatic rings. The van der Waals surface area contributed by atoms with Gasteiger partial charge in [0.05, 0.1) is 19.9 Å². The summed E-state index contributed by atoms with van der Waals surface area (Å²) in [5.74, 6) is 1.14. The van der Waals surface area contributed by atoms with Crippen LogP contribution in [-0.2, 0) is 11.3 Å². The van der Waals surface area contributed by atoms with Gasteiger partial charge in [-0.05, 0) is 54.6 Å². The Balaban J connectivity index is 1.55. The minimum absolute atomic E-state index is 0.107. The van der Waals surface area contributed by atoms with Crippen molar-refractivity contribution in [3.63, 3.8) is 0 Å². The van der Waals surface area contributed by atoms with Gasteiger partial charge in [0.2, 0.25) is 5.91 Å². The average molecular weight is 404 g/mol. The summed E-state index contributed by atoms with van der Waals surface area (Å²) in [6.07, 6.45) is 3.21. The van der Waals surface area contributed by atoms with E-state index in [1.807, 2.05) is 24.3 Å². The molecule has 1 amide bonds. The average Bonchev–Trinajstić information content (AvgIpc) is 3.21. The van der Waals surface area contributed by atoms with Crippen molar-refractivity contribution < 1.29 is 14.3 Å². The van der Waals surface area contributed by atoms with Gasteiger partial charge in [-0.1, -0.05) is 0 Å². The van der Waals surface area contributed by atoms with Gasteiger partial charge in [0, 0.05) is 23.6 Å². The lowest BCUT2D eigenvalue weighted by Gasteiger charge is -2.08. The number of fused-ring (bicyclic) bond motifs is 1. The SMILES string of the molecule is COc1ccc(NC(=O)Cn2ccn3nc(-c4ccc(OC)cc4)cc3c2=O)cc1. The van der Waals surface area contributed by atoms with Gasteiger partial charge in [-0.3, -0.25) is 9.59 Å². The van der Waals surface area contributed by atoms with E-state index in [4.69, 9.17) is 9.47 Å². The smallest absolute Gasteiger partial charge is 0.277 e. The second-order valence-corrected chi connectivity index (χ2v) is 6.60. The molecule has 0 aliphatic heterocycles. The number of carbonyl (C=O) groups is 1. The Kier molecular flexibility index (Phi) is 5.21. The fourth-order valence-corrected chi connectivity index (χ4v) is 3.08. The quantitative estimate of drug-likeness (QED) is 0.534. The van der Waals surface area contributed by atoms with Crippen LogP contribution >= 0.6 is 0 Å². The monoisotopic (exact) mass is 404 g/mol. The summed E-state index contributed by atoms with van der Waals surface area (Å²) in [5.41, 5.74) is 2.24. The van der Waals surface area contributed by atoms with Crippen LogP contribution in [0.5, 0.6) is 11.5 Å². The van der Waals surface area contributed by atoms with Gasteiger partial charge in [-0.15, -0.1) is 0 Å². The molecule has 2 aromatic carbocycles. The first kappa shape index (κ1) is 19.3. The first-order chi connectivity index (χ1) is 14.6. The van der Waals surface area contributed by atoms with Crippen molar-refractivity contribution in [2.45, 2.75) is 6.54 Å². The summed E-state index contributed by atoms with van der Waals surface area (Å²) in [6.45, 7) is -0.107. The van der Waals surface area contributed by atoms with Gasteiger partial charge in [0.1, 0.15) is 23.6 Å². The molecule has 2 aromatic heterocycles. The zero-order chi connectivity index (χ0) is 21.1. The normalized spacial score (nSPS) is 10.7. The number of aromatic nitrogens is 3. The van der Waals surface area contributed by atoms with Gasteiger partial charge < -0.3 is 19.4 Å². The van der Waals surface area contributed by atoms with E-state index in [2.05, 4.69) is 10.4 Å². The maximum absolute atomic E-state index is 12.8. The topological polar surface area (TPSA) is 86.9 Å². The highest BCUT2D eigenvalue weighted by molar-refractivity contribution is 5.90. The lowest BCUT2D eigenvalue weighted by molar-refractivity contribution is -0.116. The Labute approximate surface area is 172 Å². The lowest BCUT2D eigenvalue weighted by atomic mass is 10.1. The van der Waals surface area contributed by atoms with Crippen LogP contribution in [0.3, 0.4) is 0 Å². The Hall–Kier alpha value is -4.07. The third kappa shape index (κ3) is 3.88. The molecule has 0 bridgehead atoms. The van der Waals surface area contributed by atoms with Crippen LogP contribution in [0.4, 0.5) is 5.69 Å². The van der Waals surface area contributed by atoms with Crippen molar-refractivity contribution in [2.75, 3.05) is 19.5 Å². The summed E-state index contributed by atoms with van der Waals surface area (Å²) in [6, 6.07) is 16.1. The Bertz CT molecular complexity index is 1240. The molecule has 2 heterocycles. The molecule has 0 saturated carbocycles. The highest BCUT2D eigenvalue weighted by atomic mass is 16.5. The number of carbonyl (C=O) groups excluding carboxylic acids is 1. The zero-order valence-electron chi connectivity index (χ0n) is 16.5. The summed E-state index contributed by atoms with van der Waals surface area (Å²) in [4.78, 5) is 25.2. The van der Waals surface area contributed by atoms with E-state index in [0.29, 0.717) is 22.6 Å². The van der Waals surface area contributed by atoms with E-state index < -0.39 is 0 Å². The van der Waals surface area contributed by atoms with Crippen molar-refractivity contribution in [2.24, 2.45) is 0 Å². The predicted octanol–water partition coefficient (Wildman–Crippen LogP) is 2.82. The van der Waals surface area contributed by atoms with Gasteiger partial charge >= 0.3 is 0 Å². The van der Waals surface area contributed by atoms with E-state index in [1.165, 1.54) is 9.08 Å². The standard InChI is InChI=1S/C22H20N4O4/c1-29-17-7-3-15(4-8-17)19-13-20-22(28)25(11-12-26(20)24-19)14-21(27)23-16-5-9-18(30-2)10-6-16/h3-13H,14H2,1-2H3,(H,23,27). The van der Waals surface area contributed by atoms with Crippen molar-refractivity contribution in [1.29, 1.82) is 0 Å². The molecule has 0 saturated heterocycles. The largest absolute Gasteiger partial charge is 0.497 e. The molecular formula is C22H20N4O4. The van der Waals surface area contributed by atoms with Crippen LogP contribution in [-0.4, -0.2) is 34.3 Å². The van der Waals surface area contributed by atoms with E-state index in [1.54, 1.807) is 56.9 Å². The fraction of sp³-hybridized carbons (Fsp3) is 0.136. The molecule has 0 fully saturated rings. The highest BCUT2D eigenvalue weighted by Crippen LogP contribution is 2.21. The van der Waals surface area contributed by atoms with Crippen LogP contribution in [0.15, 0.2) is 71.8 Å². The minimum Gasteiger partial charge on any atom is -0.497 e. The maximum atomic E-state index is 12.8. The molecule has 4 aromatic rings. The molecule has 8 nitrogen and oxygen atoms in total. The molecule has 0 aliphatic carbocycles. The number of amides is 1. The first-order valence-corrected chi connectivity index (χ1v) is 9.24. The molecule has 8 heteroatoms. The molecule has 152 valence electrons. The summed E-state index contributed by atoms with van der Waals surface area (Å²) in [7, 11) is 3.18. The van der Waals surface area contributed by atoms with Crippen LogP contribution in [0.1, 0.15) is 0 Å². The Morgan fingerprint density at radius 1 is 0.967 bits per heavy atom. The van der Waals surface area contributed by atoms with Crippen molar-refractivity contribution in [3.05, 3.63) is 77.3 Å². The Morgan fingerprint density at radius 2 is 1.60 bits per heavy atom. The minimum atomic E-state index is -0.304. The number of anilines is 1. The van der Waals surface area contributed by atoms with Crippen LogP contribution in [0.25, 0.3) is 16.8 Å². The molecule has 4 rings (SSSR count). The van der Waals surface area contributed by atoms with E-state index in [9.17, 15) is 9.59 Å². The highest BCUT2D eigenvalue weighted by Gasteiger charge is 2.12. The molecule has 0 unspecified atom stereocenters. The predicted molar refractivity (Wildman–Crippen MR) is 113 cm³/mol. The maximum Gasteiger partial charge on any atom is 0.277 e. The third-order valence-electron chi connectivity index (χ3n) is 4.68. The molecule has 0 atom stereocenters. The van der Waals surface area contributed by atoms with E-state index >= 15 is 0 Å². The van der Waals surface area contributed by atoms with Crippen LogP contribution < -0.4 is 20.3 Å². The van der Waals surface area contributed by atoms with Crippen molar-refractivity contribution in [1.82, 2.24) is 14.2 Å². The molecular weight excluding hydrogens is 384 g/mol. The number of benzene rings is 2. The number of rotatable bonds is 6. The number of hydrogen-bond donors (Lipinski definition) is 1. The second kappa shape index (κ2) is 8.12. The molecule has 30 heavy (non-hydrogen) atoms. The van der Waals surface area contributed by atoms with Crippen molar-refractivity contribution >= 4 is 17.1 Å². The number of hydrogen-bond acceptors (Lipinski definition) is 5. The lowest BCUT2D eigenvalue weighted by Crippen LogP contribution is -2.28. The van der Waals surface area contributed by atoms with Crippen LogP contribution in [0.2, 0.25) is 0 Å². The van der Waals surface area contributed by atoms with Crippen LogP contribution in [0, 0.1) is 0 Å². The second-order valence-electron chi connectivity index (χ2n) is 6.60. The number of nitrogens with one attached hydrogen (secondary N) is 1. The zero-order valence-corrected chi connectivity index (χ0v) is 16.5. The third-order valence-corrected chi connectivity index (χ3v) is 4.68. The molecule has 1 N–H and O–H groups in total. The number of methoxy groups -OCH3 is 2. The first-order valence-electron chi connectivity index (χ1n) is 9.24. The van der Waals surface area contributed by atoms with E-state index in [-0.39, 0.29) is 18.0 Å². The Morgan fingerprint density at radius 3 is 2.23 bits per heavy atom. The van der Waals surface area contributed by atoms with Gasteiger partial charge in [0.15, 0.2) is 0 Å². The van der Waals surface area contributed by atoms with E-state index in [0.717, 1.165) is 11.3 Å². The van der Waals surface area contributed by atoms with Gasteiger partial charge in [-0.2, -0.15) is 5.10 Å². The van der Waals surface area contributed by atoms with Crippen molar-refractivity contribution in [3.8, 4) is 22.8 Å². The summed E-state index contributed by atoms with van der Waals surface area (Å²) >= 11 is 0. The fourth-order valence-electron chi connectivity index (χ4n) is 3.08. The molecule has 0 spiro atoms. The summed E-state index contributed by atoms with van der Waals surface area (Å²) in [5, 5.41) is 7.22. The summed E-state index contributed by atoms with van der Waals surface area (Å²) < 4.78 is 13.1.